The number of nitrogens with zero attached hydrogens (tertiary/aromatic N) is 2. The highest BCUT2D eigenvalue weighted by Gasteiger charge is 2.45. The van der Waals surface area contributed by atoms with Crippen LogP contribution in [0.2, 0.25) is 0 Å². The predicted octanol–water partition coefficient (Wildman–Crippen LogP) is 2.19. The maximum absolute atomic E-state index is 13.6. The number of amides is 1. The van der Waals surface area contributed by atoms with E-state index in [0.29, 0.717) is 26.2 Å². The Kier molecular flexibility index (Phi) is 6.32. The molecule has 0 aromatic carbocycles. The van der Waals surface area contributed by atoms with Gasteiger partial charge in [0.1, 0.15) is 0 Å². The normalized spacial score (nSPS) is 23.2. The highest BCUT2D eigenvalue weighted by atomic mass is 32.1. The number of carbonyl (C=O) groups excluding carboxylic acids is 1. The summed E-state index contributed by atoms with van der Waals surface area (Å²) in [6, 6.07) is 4.14. The van der Waals surface area contributed by atoms with Crippen molar-refractivity contribution in [2.45, 2.75) is 43.6 Å². The number of rotatable bonds is 6. The van der Waals surface area contributed by atoms with Gasteiger partial charge in [0.05, 0.1) is 24.7 Å². The van der Waals surface area contributed by atoms with E-state index in [4.69, 9.17) is 9.84 Å². The minimum Gasteiger partial charge on any atom is -0.480 e. The average Bonchev–Trinajstić information content (AvgIpc) is 3.16. The Labute approximate surface area is 158 Å². The van der Waals surface area contributed by atoms with Crippen molar-refractivity contribution in [2.75, 3.05) is 39.8 Å². The molecule has 2 fully saturated rings. The van der Waals surface area contributed by atoms with Gasteiger partial charge in [0, 0.05) is 24.5 Å². The van der Waals surface area contributed by atoms with Crippen molar-refractivity contribution >= 4 is 23.2 Å². The molecule has 26 heavy (non-hydrogen) atoms. The molecule has 0 radical (unpaired) electrons. The summed E-state index contributed by atoms with van der Waals surface area (Å²) < 4.78 is 5.80. The van der Waals surface area contributed by atoms with Gasteiger partial charge < -0.3 is 14.7 Å². The summed E-state index contributed by atoms with van der Waals surface area (Å²) in [5.41, 5.74) is -0.374. The van der Waals surface area contributed by atoms with Crippen molar-refractivity contribution < 1.29 is 19.4 Å². The van der Waals surface area contributed by atoms with E-state index in [2.05, 4.69) is 11.4 Å². The lowest BCUT2D eigenvalue weighted by Crippen LogP contribution is -2.55. The number of aliphatic carboxylic acids is 1. The van der Waals surface area contributed by atoms with Crippen LogP contribution in [-0.2, 0) is 19.7 Å². The second kappa shape index (κ2) is 8.50. The molecule has 1 aromatic heterocycles. The summed E-state index contributed by atoms with van der Waals surface area (Å²) in [6.07, 6.45) is 5.10. The van der Waals surface area contributed by atoms with Crippen LogP contribution in [0, 0.1) is 0 Å². The van der Waals surface area contributed by atoms with Crippen molar-refractivity contribution in [2.24, 2.45) is 0 Å². The molecule has 1 saturated carbocycles. The Bertz CT molecular complexity index is 613. The van der Waals surface area contributed by atoms with Gasteiger partial charge in [-0.15, -0.1) is 11.3 Å². The van der Waals surface area contributed by atoms with E-state index in [9.17, 15) is 9.59 Å². The van der Waals surface area contributed by atoms with Gasteiger partial charge >= 0.3 is 5.97 Å². The fourth-order valence-electron chi connectivity index (χ4n) is 4.23. The Morgan fingerprint density at radius 3 is 2.81 bits per heavy atom. The first-order valence-corrected chi connectivity index (χ1v) is 10.2. The van der Waals surface area contributed by atoms with Crippen LogP contribution in [0.25, 0.3) is 0 Å². The van der Waals surface area contributed by atoms with Gasteiger partial charge in [-0.2, -0.15) is 0 Å². The standard InChI is InChI=1S/C19H28N2O4S/c1-20(14-17(22)23)12-15-13-21(9-10-25-15)18(24)19(7-3-2-4-8-19)16-6-5-11-26-16/h5-6,11,15H,2-4,7-10,12-14H2,1H3,(H,22,23). The second-order valence-corrected chi connectivity index (χ2v) is 8.40. The zero-order chi connectivity index (χ0) is 18.6. The molecule has 1 atom stereocenters. The smallest absolute Gasteiger partial charge is 0.317 e. The van der Waals surface area contributed by atoms with Gasteiger partial charge in [-0.25, -0.2) is 0 Å². The van der Waals surface area contributed by atoms with Gasteiger partial charge in [-0.05, 0) is 31.3 Å². The van der Waals surface area contributed by atoms with E-state index in [1.807, 2.05) is 11.0 Å². The van der Waals surface area contributed by atoms with E-state index < -0.39 is 5.97 Å². The SMILES string of the molecule is CN(CC(=O)O)CC1CN(C(=O)C2(c3cccs3)CCCCC2)CCO1. The van der Waals surface area contributed by atoms with E-state index in [1.54, 1.807) is 23.3 Å². The fourth-order valence-corrected chi connectivity index (χ4v) is 5.21. The molecule has 144 valence electrons. The van der Waals surface area contributed by atoms with Crippen LogP contribution < -0.4 is 0 Å². The van der Waals surface area contributed by atoms with Crippen LogP contribution in [0.15, 0.2) is 17.5 Å². The van der Waals surface area contributed by atoms with Crippen molar-refractivity contribution in [3.63, 3.8) is 0 Å². The van der Waals surface area contributed by atoms with Crippen molar-refractivity contribution in [3.05, 3.63) is 22.4 Å². The largest absolute Gasteiger partial charge is 0.480 e. The van der Waals surface area contributed by atoms with Gasteiger partial charge in [0.2, 0.25) is 5.91 Å². The zero-order valence-corrected chi connectivity index (χ0v) is 16.2. The number of morpholine rings is 1. The highest BCUT2D eigenvalue weighted by molar-refractivity contribution is 7.10. The Balaban J connectivity index is 1.70. The molecular weight excluding hydrogens is 352 g/mol. The number of carboxylic acids is 1. The molecule has 0 bridgehead atoms. The van der Waals surface area contributed by atoms with Crippen molar-refractivity contribution in [3.8, 4) is 0 Å². The Morgan fingerprint density at radius 1 is 1.38 bits per heavy atom. The molecule has 1 amide bonds. The molecule has 1 saturated heterocycles. The average molecular weight is 381 g/mol. The van der Waals surface area contributed by atoms with Crippen molar-refractivity contribution in [1.82, 2.24) is 9.80 Å². The molecule has 2 heterocycles. The molecule has 3 rings (SSSR count). The van der Waals surface area contributed by atoms with E-state index in [0.717, 1.165) is 25.7 Å². The second-order valence-electron chi connectivity index (χ2n) is 7.45. The number of ether oxygens (including phenoxy) is 1. The summed E-state index contributed by atoms with van der Waals surface area (Å²) in [5, 5.41) is 11.0. The summed E-state index contributed by atoms with van der Waals surface area (Å²) >= 11 is 1.69. The van der Waals surface area contributed by atoms with E-state index in [-0.39, 0.29) is 24.0 Å². The molecular formula is C19H28N2O4S. The van der Waals surface area contributed by atoms with Gasteiger partial charge in [0.15, 0.2) is 0 Å². The molecule has 0 spiro atoms. The Hall–Kier alpha value is -1.44. The third-order valence-corrected chi connectivity index (χ3v) is 6.53. The fraction of sp³-hybridized carbons (Fsp3) is 0.684. The van der Waals surface area contributed by atoms with Gasteiger partial charge in [-0.3, -0.25) is 14.5 Å². The lowest BCUT2D eigenvalue weighted by molar-refractivity contribution is -0.148. The molecule has 2 aliphatic rings. The molecule has 7 heteroatoms. The van der Waals surface area contributed by atoms with Crippen LogP contribution >= 0.6 is 11.3 Å². The number of hydrogen-bond donors (Lipinski definition) is 1. The minimum absolute atomic E-state index is 0.0209. The topological polar surface area (TPSA) is 70.1 Å². The molecule has 1 aromatic rings. The quantitative estimate of drug-likeness (QED) is 0.819. The first-order chi connectivity index (χ1) is 12.5. The lowest BCUT2D eigenvalue weighted by Gasteiger charge is -2.42. The van der Waals surface area contributed by atoms with Crippen LogP contribution in [0.3, 0.4) is 0 Å². The van der Waals surface area contributed by atoms with Crippen LogP contribution in [-0.4, -0.2) is 72.7 Å². The highest BCUT2D eigenvalue weighted by Crippen LogP contribution is 2.43. The molecule has 1 unspecified atom stereocenters. The minimum atomic E-state index is -0.852. The van der Waals surface area contributed by atoms with Gasteiger partial charge in [0.25, 0.3) is 0 Å². The maximum atomic E-state index is 13.6. The number of likely N-dealkylation sites (N-methyl/N-ethyl adjacent to an activating group) is 1. The number of hydrogen-bond acceptors (Lipinski definition) is 5. The summed E-state index contributed by atoms with van der Waals surface area (Å²) in [5.74, 6) is -0.621. The van der Waals surface area contributed by atoms with Crippen LogP contribution in [0.5, 0.6) is 0 Å². The zero-order valence-electron chi connectivity index (χ0n) is 15.4. The lowest BCUT2D eigenvalue weighted by atomic mass is 9.72. The van der Waals surface area contributed by atoms with Crippen molar-refractivity contribution in [1.29, 1.82) is 0 Å². The number of carboxylic acid groups (broad SMARTS) is 1. The summed E-state index contributed by atoms with van der Waals surface area (Å²) in [6.45, 7) is 2.16. The summed E-state index contributed by atoms with van der Waals surface area (Å²) in [4.78, 5) is 29.3. The Morgan fingerprint density at radius 2 is 2.15 bits per heavy atom. The van der Waals surface area contributed by atoms with Crippen LogP contribution in [0.1, 0.15) is 37.0 Å². The van der Waals surface area contributed by atoms with E-state index in [1.165, 1.54) is 11.3 Å². The molecule has 1 aliphatic carbocycles. The number of carbonyl (C=O) groups is 2. The summed E-state index contributed by atoms with van der Waals surface area (Å²) in [7, 11) is 1.77. The third-order valence-electron chi connectivity index (χ3n) is 5.46. The third kappa shape index (κ3) is 4.27. The molecule has 1 N–H and O–H groups in total. The first-order valence-electron chi connectivity index (χ1n) is 9.36. The van der Waals surface area contributed by atoms with Gasteiger partial charge in [-0.1, -0.05) is 25.3 Å². The van der Waals surface area contributed by atoms with E-state index >= 15 is 0 Å². The van der Waals surface area contributed by atoms with Crippen LogP contribution in [0.4, 0.5) is 0 Å². The number of thiophene rings is 1. The first kappa shape index (κ1) is 19.3. The molecule has 6 nitrogen and oxygen atoms in total. The monoisotopic (exact) mass is 380 g/mol. The predicted molar refractivity (Wildman–Crippen MR) is 101 cm³/mol. The maximum Gasteiger partial charge on any atom is 0.317 e. The molecule has 1 aliphatic heterocycles.